The quantitative estimate of drug-likeness (QED) is 0.635. The molecule has 0 saturated heterocycles. The molecule has 1 unspecified atom stereocenters. The molecule has 1 atom stereocenters. The zero-order valence-electron chi connectivity index (χ0n) is 11.5. The van der Waals surface area contributed by atoms with E-state index in [0.717, 1.165) is 12.8 Å². The Bertz CT molecular complexity index is 379. The fourth-order valence-corrected chi connectivity index (χ4v) is 1.99. The van der Waals surface area contributed by atoms with Gasteiger partial charge in [0.25, 0.3) is 0 Å². The van der Waals surface area contributed by atoms with Crippen molar-refractivity contribution in [2.24, 2.45) is 0 Å². The molecule has 92 valence electrons. The molecule has 0 radical (unpaired) electrons. The van der Waals surface area contributed by atoms with E-state index in [1.807, 2.05) is 13.8 Å². The molecular formula is C17H24. The van der Waals surface area contributed by atoms with Gasteiger partial charge in [-0.15, -0.1) is 0 Å². The van der Waals surface area contributed by atoms with Crippen LogP contribution in [0.4, 0.5) is 0 Å². The van der Waals surface area contributed by atoms with Crippen LogP contribution in [0, 0.1) is 6.92 Å². The standard InChI is InChI=1S/C15H18.C2H6/c1-3-13-6-10-15(11-7-13)14-8-4-12(2)5-9-14;1-2/h4-10,15H,3,11H2,1-2H3;1-2H3. The van der Waals surface area contributed by atoms with E-state index in [1.54, 1.807) is 0 Å². The minimum absolute atomic E-state index is 0.584. The summed E-state index contributed by atoms with van der Waals surface area (Å²) in [7, 11) is 0. The average Bonchev–Trinajstić information content (AvgIpc) is 2.42. The summed E-state index contributed by atoms with van der Waals surface area (Å²) in [6, 6.07) is 8.88. The van der Waals surface area contributed by atoms with E-state index in [2.05, 4.69) is 56.3 Å². The van der Waals surface area contributed by atoms with Gasteiger partial charge < -0.3 is 0 Å². The number of hydrogen-bond donors (Lipinski definition) is 0. The first kappa shape index (κ1) is 13.8. The number of aryl methyl sites for hydroxylation is 1. The minimum atomic E-state index is 0.584. The monoisotopic (exact) mass is 228 g/mol. The van der Waals surface area contributed by atoms with Gasteiger partial charge in [0.1, 0.15) is 0 Å². The average molecular weight is 228 g/mol. The Morgan fingerprint density at radius 3 is 2.24 bits per heavy atom. The van der Waals surface area contributed by atoms with Gasteiger partial charge in [-0.25, -0.2) is 0 Å². The van der Waals surface area contributed by atoms with Gasteiger partial charge in [-0.2, -0.15) is 0 Å². The van der Waals surface area contributed by atoms with E-state index in [9.17, 15) is 0 Å². The van der Waals surface area contributed by atoms with E-state index in [4.69, 9.17) is 0 Å². The summed E-state index contributed by atoms with van der Waals surface area (Å²) in [5.41, 5.74) is 4.24. The molecule has 2 rings (SSSR count). The van der Waals surface area contributed by atoms with Crippen molar-refractivity contribution in [1.29, 1.82) is 0 Å². The van der Waals surface area contributed by atoms with Crippen molar-refractivity contribution in [2.75, 3.05) is 0 Å². The molecule has 0 saturated carbocycles. The van der Waals surface area contributed by atoms with Gasteiger partial charge in [-0.1, -0.05) is 74.4 Å². The number of allylic oxidation sites excluding steroid dienone is 4. The van der Waals surface area contributed by atoms with E-state index in [1.165, 1.54) is 16.7 Å². The fourth-order valence-electron chi connectivity index (χ4n) is 1.99. The summed E-state index contributed by atoms with van der Waals surface area (Å²) in [6.07, 6.45) is 9.28. The lowest BCUT2D eigenvalue weighted by atomic mass is 9.89. The normalized spacial score (nSPS) is 18.1. The molecule has 17 heavy (non-hydrogen) atoms. The third kappa shape index (κ3) is 3.89. The Balaban J connectivity index is 0.000000686. The molecule has 0 amide bonds. The zero-order chi connectivity index (χ0) is 12.7. The van der Waals surface area contributed by atoms with Crippen LogP contribution >= 0.6 is 0 Å². The van der Waals surface area contributed by atoms with Crippen LogP contribution in [0.1, 0.15) is 50.7 Å². The lowest BCUT2D eigenvalue weighted by Gasteiger charge is -2.16. The summed E-state index contributed by atoms with van der Waals surface area (Å²) in [5.74, 6) is 0.584. The SMILES string of the molecule is CC.CCC1=CCC(c2ccc(C)cc2)C=C1. The highest BCUT2D eigenvalue weighted by Crippen LogP contribution is 2.27. The van der Waals surface area contributed by atoms with E-state index < -0.39 is 0 Å². The number of rotatable bonds is 2. The second-order valence-electron chi connectivity index (χ2n) is 4.24. The molecule has 1 aliphatic carbocycles. The molecule has 0 bridgehead atoms. The molecule has 0 aromatic heterocycles. The fraction of sp³-hybridized carbons (Fsp3) is 0.412. The minimum Gasteiger partial charge on any atom is -0.0804 e. The Morgan fingerprint density at radius 2 is 1.76 bits per heavy atom. The molecule has 0 spiro atoms. The van der Waals surface area contributed by atoms with Crippen LogP contribution < -0.4 is 0 Å². The Morgan fingerprint density at radius 1 is 1.12 bits per heavy atom. The summed E-state index contributed by atoms with van der Waals surface area (Å²) in [4.78, 5) is 0. The lowest BCUT2D eigenvalue weighted by Crippen LogP contribution is -1.98. The molecule has 0 nitrogen and oxygen atoms in total. The van der Waals surface area contributed by atoms with Gasteiger partial charge in [-0.05, 0) is 25.3 Å². The van der Waals surface area contributed by atoms with Gasteiger partial charge in [0.2, 0.25) is 0 Å². The van der Waals surface area contributed by atoms with Crippen LogP contribution in [-0.4, -0.2) is 0 Å². The third-order valence-corrected chi connectivity index (χ3v) is 3.09. The van der Waals surface area contributed by atoms with Crippen molar-refractivity contribution in [3.63, 3.8) is 0 Å². The van der Waals surface area contributed by atoms with Crippen molar-refractivity contribution in [3.05, 3.63) is 59.2 Å². The molecule has 1 aromatic rings. The molecule has 0 heteroatoms. The Hall–Kier alpha value is -1.30. The summed E-state index contributed by atoms with van der Waals surface area (Å²) in [6.45, 7) is 8.35. The molecular weight excluding hydrogens is 204 g/mol. The maximum Gasteiger partial charge on any atom is 0.00559 e. The highest BCUT2D eigenvalue weighted by atomic mass is 14.1. The van der Waals surface area contributed by atoms with Gasteiger partial charge in [-0.3, -0.25) is 0 Å². The smallest absolute Gasteiger partial charge is 0.00559 e. The largest absolute Gasteiger partial charge is 0.0804 e. The molecule has 1 aliphatic rings. The van der Waals surface area contributed by atoms with Crippen molar-refractivity contribution in [2.45, 2.75) is 46.5 Å². The van der Waals surface area contributed by atoms with E-state index >= 15 is 0 Å². The number of hydrogen-bond acceptors (Lipinski definition) is 0. The summed E-state index contributed by atoms with van der Waals surface area (Å²) in [5, 5.41) is 0. The molecule has 0 fully saturated rings. The van der Waals surface area contributed by atoms with Gasteiger partial charge >= 0.3 is 0 Å². The molecule has 0 heterocycles. The van der Waals surface area contributed by atoms with Gasteiger partial charge in [0.05, 0.1) is 0 Å². The van der Waals surface area contributed by atoms with Crippen molar-refractivity contribution in [3.8, 4) is 0 Å². The maximum absolute atomic E-state index is 2.37. The Kier molecular flexibility index (Phi) is 5.76. The van der Waals surface area contributed by atoms with E-state index in [-0.39, 0.29) is 0 Å². The van der Waals surface area contributed by atoms with Crippen LogP contribution in [0.3, 0.4) is 0 Å². The topological polar surface area (TPSA) is 0 Å². The summed E-state index contributed by atoms with van der Waals surface area (Å²) >= 11 is 0. The predicted molar refractivity (Wildman–Crippen MR) is 77.4 cm³/mol. The van der Waals surface area contributed by atoms with Crippen molar-refractivity contribution < 1.29 is 0 Å². The second kappa shape index (κ2) is 7.11. The summed E-state index contributed by atoms with van der Waals surface area (Å²) < 4.78 is 0. The maximum atomic E-state index is 2.37. The Labute approximate surface area is 106 Å². The molecule has 0 N–H and O–H groups in total. The first-order chi connectivity index (χ1) is 8.29. The van der Waals surface area contributed by atoms with E-state index in [0.29, 0.717) is 5.92 Å². The van der Waals surface area contributed by atoms with Crippen LogP contribution in [0.25, 0.3) is 0 Å². The zero-order valence-corrected chi connectivity index (χ0v) is 11.5. The van der Waals surface area contributed by atoms with Crippen molar-refractivity contribution >= 4 is 0 Å². The van der Waals surface area contributed by atoms with Crippen LogP contribution in [-0.2, 0) is 0 Å². The second-order valence-corrected chi connectivity index (χ2v) is 4.24. The molecule has 0 aliphatic heterocycles. The van der Waals surface area contributed by atoms with Crippen LogP contribution in [0.15, 0.2) is 48.1 Å². The first-order valence-corrected chi connectivity index (χ1v) is 6.73. The third-order valence-electron chi connectivity index (χ3n) is 3.09. The van der Waals surface area contributed by atoms with Crippen molar-refractivity contribution in [1.82, 2.24) is 0 Å². The predicted octanol–water partition coefficient (Wildman–Crippen LogP) is 5.40. The van der Waals surface area contributed by atoms with Gasteiger partial charge in [0.15, 0.2) is 0 Å². The lowest BCUT2D eigenvalue weighted by molar-refractivity contribution is 0.836. The van der Waals surface area contributed by atoms with Gasteiger partial charge in [0, 0.05) is 5.92 Å². The van der Waals surface area contributed by atoms with Crippen LogP contribution in [0.2, 0.25) is 0 Å². The molecule has 1 aromatic carbocycles. The highest BCUT2D eigenvalue weighted by molar-refractivity contribution is 5.33. The first-order valence-electron chi connectivity index (χ1n) is 6.73. The number of benzene rings is 1. The highest BCUT2D eigenvalue weighted by Gasteiger charge is 2.09. The van der Waals surface area contributed by atoms with Crippen LogP contribution in [0.5, 0.6) is 0 Å².